The summed E-state index contributed by atoms with van der Waals surface area (Å²) >= 11 is 6.18. The molecular weight excluding hydrogens is 423 g/mol. The van der Waals surface area contributed by atoms with Crippen LogP contribution in [0.1, 0.15) is 42.6 Å². The number of carbonyl (C=O) groups is 3. The lowest BCUT2D eigenvalue weighted by Crippen LogP contribution is -2.36. The molecule has 9 heteroatoms. The number of nitrogens with one attached hydrogen (secondary N) is 2. The first-order valence-electron chi connectivity index (χ1n) is 9.77. The van der Waals surface area contributed by atoms with Crippen LogP contribution in [0.25, 0.3) is 0 Å². The summed E-state index contributed by atoms with van der Waals surface area (Å²) in [5, 5.41) is 11.1. The highest BCUT2D eigenvalue weighted by molar-refractivity contribution is 6.44. The molecule has 162 valence electrons. The lowest BCUT2D eigenvalue weighted by Gasteiger charge is -2.23. The fraction of sp³-hybridized carbons (Fsp3) is 0.273. The number of benzene rings is 2. The second kappa shape index (κ2) is 9.70. The van der Waals surface area contributed by atoms with Gasteiger partial charge in [0.05, 0.1) is 17.3 Å². The van der Waals surface area contributed by atoms with Gasteiger partial charge in [-0.1, -0.05) is 23.7 Å². The second-order valence-electron chi connectivity index (χ2n) is 7.40. The topological polar surface area (TPSA) is 90.9 Å². The smallest absolute Gasteiger partial charge is 0.271 e. The second-order valence-corrected chi connectivity index (χ2v) is 7.81. The van der Waals surface area contributed by atoms with Crippen LogP contribution in [0.2, 0.25) is 5.02 Å². The summed E-state index contributed by atoms with van der Waals surface area (Å²) in [6.45, 7) is 3.81. The Hall–Kier alpha value is -3.26. The average molecular weight is 445 g/mol. The molecule has 0 aliphatic carbocycles. The number of amides is 3. The van der Waals surface area contributed by atoms with Crippen LogP contribution in [0.3, 0.4) is 0 Å². The van der Waals surface area contributed by atoms with Crippen molar-refractivity contribution in [2.24, 2.45) is 5.10 Å². The van der Waals surface area contributed by atoms with Crippen molar-refractivity contribution < 1.29 is 18.8 Å². The van der Waals surface area contributed by atoms with Gasteiger partial charge in [-0.25, -0.2) is 9.40 Å². The van der Waals surface area contributed by atoms with E-state index in [0.29, 0.717) is 11.1 Å². The third kappa shape index (κ3) is 5.88. The van der Waals surface area contributed by atoms with Gasteiger partial charge in [-0.3, -0.25) is 14.4 Å². The number of anilines is 1. The Kier molecular flexibility index (Phi) is 7.02. The molecular formula is C22H22ClFN4O3. The van der Waals surface area contributed by atoms with E-state index in [2.05, 4.69) is 15.7 Å². The van der Waals surface area contributed by atoms with E-state index in [1.807, 2.05) is 13.8 Å². The lowest BCUT2D eigenvalue weighted by molar-refractivity contribution is -0.132. The monoisotopic (exact) mass is 444 g/mol. The number of nitrogens with zero attached hydrogens (tertiary/aromatic N) is 2. The summed E-state index contributed by atoms with van der Waals surface area (Å²) < 4.78 is 13.1. The number of hydrogen-bond donors (Lipinski definition) is 2. The third-order valence-electron chi connectivity index (χ3n) is 4.51. The molecule has 0 bridgehead atoms. The molecule has 2 N–H and O–H groups in total. The molecule has 3 rings (SSSR count). The Labute approximate surface area is 184 Å². The van der Waals surface area contributed by atoms with Crippen molar-refractivity contribution in [3.05, 3.63) is 64.4 Å². The van der Waals surface area contributed by atoms with E-state index in [1.54, 1.807) is 18.2 Å². The molecule has 7 nitrogen and oxygen atoms in total. The van der Waals surface area contributed by atoms with Crippen LogP contribution in [0, 0.1) is 5.82 Å². The molecule has 0 saturated heterocycles. The molecule has 0 spiro atoms. The standard InChI is InChI=1S/C22H22ClFN4O3/c1-13(2)25-21(30)15-5-8-17(23)19(11-15)26-22(31)18-9-10-20(29)28(27-18)12-14-3-6-16(24)7-4-14/h3-8,11,13H,9-10,12H2,1-2H3,(H,25,30)(H,26,31). The first kappa shape index (κ1) is 22.4. The van der Waals surface area contributed by atoms with Gasteiger partial charge >= 0.3 is 0 Å². The maximum absolute atomic E-state index is 13.1. The minimum atomic E-state index is -0.514. The predicted octanol–water partition coefficient (Wildman–Crippen LogP) is 3.73. The van der Waals surface area contributed by atoms with Gasteiger partial charge in [0.2, 0.25) is 5.91 Å². The van der Waals surface area contributed by atoms with Crippen molar-refractivity contribution in [3.63, 3.8) is 0 Å². The van der Waals surface area contributed by atoms with Gasteiger partial charge in [0.1, 0.15) is 11.5 Å². The van der Waals surface area contributed by atoms with E-state index in [-0.39, 0.29) is 59.5 Å². The van der Waals surface area contributed by atoms with Crippen LogP contribution in [-0.2, 0) is 16.1 Å². The Morgan fingerprint density at radius 3 is 2.52 bits per heavy atom. The largest absolute Gasteiger partial charge is 0.350 e. The normalized spacial score (nSPS) is 13.8. The Balaban J connectivity index is 1.75. The molecule has 1 heterocycles. The van der Waals surface area contributed by atoms with Crippen LogP contribution in [0.5, 0.6) is 0 Å². The first-order chi connectivity index (χ1) is 14.7. The minimum absolute atomic E-state index is 0.0394. The summed E-state index contributed by atoms with van der Waals surface area (Å²) in [7, 11) is 0. The van der Waals surface area contributed by atoms with E-state index < -0.39 is 5.91 Å². The summed E-state index contributed by atoms with van der Waals surface area (Å²) in [5.74, 6) is -1.40. The van der Waals surface area contributed by atoms with Crippen LogP contribution in [0.4, 0.5) is 10.1 Å². The summed E-state index contributed by atoms with van der Waals surface area (Å²) in [4.78, 5) is 37.2. The zero-order chi connectivity index (χ0) is 22.5. The van der Waals surface area contributed by atoms with E-state index in [9.17, 15) is 18.8 Å². The molecule has 2 aromatic rings. The Morgan fingerprint density at radius 2 is 1.84 bits per heavy atom. The highest BCUT2D eigenvalue weighted by Crippen LogP contribution is 2.24. The van der Waals surface area contributed by atoms with Crippen LogP contribution >= 0.6 is 11.6 Å². The molecule has 0 atom stereocenters. The zero-order valence-corrected chi connectivity index (χ0v) is 17.9. The minimum Gasteiger partial charge on any atom is -0.350 e. The average Bonchev–Trinajstić information content (AvgIpc) is 2.72. The van der Waals surface area contributed by atoms with E-state index in [4.69, 9.17) is 11.6 Å². The van der Waals surface area contributed by atoms with E-state index in [1.165, 1.54) is 29.3 Å². The van der Waals surface area contributed by atoms with Crippen LogP contribution in [0.15, 0.2) is 47.6 Å². The highest BCUT2D eigenvalue weighted by Gasteiger charge is 2.25. The maximum Gasteiger partial charge on any atom is 0.271 e. The van der Waals surface area contributed by atoms with Crippen molar-refractivity contribution in [1.29, 1.82) is 0 Å². The molecule has 0 aromatic heterocycles. The fourth-order valence-corrected chi connectivity index (χ4v) is 3.12. The number of hydrazone groups is 1. The van der Waals surface area contributed by atoms with Gasteiger partial charge < -0.3 is 10.6 Å². The molecule has 2 aromatic carbocycles. The summed E-state index contributed by atoms with van der Waals surface area (Å²) in [6.07, 6.45) is 0.299. The van der Waals surface area contributed by atoms with Gasteiger partial charge in [-0.05, 0) is 49.7 Å². The van der Waals surface area contributed by atoms with Crippen molar-refractivity contribution in [2.75, 3.05) is 5.32 Å². The Bertz CT molecular complexity index is 1040. The van der Waals surface area contributed by atoms with Gasteiger partial charge in [0.15, 0.2) is 0 Å². The van der Waals surface area contributed by atoms with Gasteiger partial charge in [0.25, 0.3) is 11.8 Å². The molecule has 31 heavy (non-hydrogen) atoms. The maximum atomic E-state index is 13.1. The number of carbonyl (C=O) groups excluding carboxylic acids is 3. The third-order valence-corrected chi connectivity index (χ3v) is 4.84. The van der Waals surface area contributed by atoms with Gasteiger partial charge in [0, 0.05) is 24.4 Å². The van der Waals surface area contributed by atoms with Crippen molar-refractivity contribution >= 4 is 40.7 Å². The number of hydrogen-bond acceptors (Lipinski definition) is 4. The molecule has 0 radical (unpaired) electrons. The fourth-order valence-electron chi connectivity index (χ4n) is 2.95. The summed E-state index contributed by atoms with van der Waals surface area (Å²) in [6, 6.07) is 10.2. The van der Waals surface area contributed by atoms with E-state index in [0.717, 1.165) is 0 Å². The van der Waals surface area contributed by atoms with E-state index >= 15 is 0 Å². The van der Waals surface area contributed by atoms with Crippen LogP contribution in [-0.4, -0.2) is 34.5 Å². The molecule has 0 unspecified atom stereocenters. The predicted molar refractivity (Wildman–Crippen MR) is 116 cm³/mol. The molecule has 1 aliphatic rings. The number of halogens is 2. The first-order valence-corrected chi connectivity index (χ1v) is 10.1. The van der Waals surface area contributed by atoms with Gasteiger partial charge in [-0.2, -0.15) is 5.10 Å². The molecule has 1 aliphatic heterocycles. The number of rotatable bonds is 6. The highest BCUT2D eigenvalue weighted by atomic mass is 35.5. The van der Waals surface area contributed by atoms with Crippen molar-refractivity contribution in [1.82, 2.24) is 10.3 Å². The molecule has 0 fully saturated rings. The van der Waals surface area contributed by atoms with Gasteiger partial charge in [-0.15, -0.1) is 0 Å². The van der Waals surface area contributed by atoms with Crippen LogP contribution < -0.4 is 10.6 Å². The summed E-state index contributed by atoms with van der Waals surface area (Å²) in [5.41, 5.74) is 1.47. The quantitative estimate of drug-likeness (QED) is 0.711. The molecule has 3 amide bonds. The zero-order valence-electron chi connectivity index (χ0n) is 17.1. The lowest BCUT2D eigenvalue weighted by atomic mass is 10.1. The van der Waals surface area contributed by atoms with Crippen molar-refractivity contribution in [3.8, 4) is 0 Å². The Morgan fingerprint density at radius 1 is 1.13 bits per heavy atom. The SMILES string of the molecule is CC(C)NC(=O)c1ccc(Cl)c(NC(=O)C2=NN(Cc3ccc(F)cc3)C(=O)CC2)c1. The molecule has 0 saturated carbocycles. The van der Waals surface area contributed by atoms with Crippen molar-refractivity contribution in [2.45, 2.75) is 39.3 Å².